The van der Waals surface area contributed by atoms with Crippen LogP contribution in [0.5, 0.6) is 5.75 Å². The summed E-state index contributed by atoms with van der Waals surface area (Å²) in [6.45, 7) is 9.75. The first-order chi connectivity index (χ1) is 7.70. The van der Waals surface area contributed by atoms with E-state index in [1.165, 1.54) is 11.1 Å². The maximum absolute atomic E-state index is 5.86. The molecule has 0 radical (unpaired) electrons. The van der Waals surface area contributed by atoms with Gasteiger partial charge in [-0.15, -0.1) is 0 Å². The van der Waals surface area contributed by atoms with Crippen LogP contribution < -0.4 is 4.74 Å². The van der Waals surface area contributed by atoms with Crippen molar-refractivity contribution in [2.75, 3.05) is 13.1 Å². The molecule has 0 unspecified atom stereocenters. The third-order valence-corrected chi connectivity index (χ3v) is 3.11. The molecule has 2 rings (SSSR count). The predicted molar refractivity (Wildman–Crippen MR) is 66.9 cm³/mol. The fourth-order valence-corrected chi connectivity index (χ4v) is 2.27. The Balaban J connectivity index is 2.24. The molecule has 0 saturated carbocycles. The zero-order chi connectivity index (χ0) is 11.5. The summed E-state index contributed by atoms with van der Waals surface area (Å²) in [5.41, 5.74) is 2.85. The molecule has 1 aromatic rings. The fraction of sp³-hybridized carbons (Fsp3) is 0.571. The summed E-state index contributed by atoms with van der Waals surface area (Å²) in [6.07, 6.45) is 1.38. The third kappa shape index (κ3) is 2.38. The van der Waals surface area contributed by atoms with Gasteiger partial charge in [-0.25, -0.2) is 0 Å². The van der Waals surface area contributed by atoms with E-state index in [0.717, 1.165) is 31.8 Å². The van der Waals surface area contributed by atoms with Crippen LogP contribution in [0.2, 0.25) is 0 Å². The lowest BCUT2D eigenvalue weighted by Gasteiger charge is -2.29. The Labute approximate surface area is 98.2 Å². The number of benzene rings is 1. The third-order valence-electron chi connectivity index (χ3n) is 3.11. The summed E-state index contributed by atoms with van der Waals surface area (Å²) >= 11 is 0. The van der Waals surface area contributed by atoms with Crippen LogP contribution >= 0.6 is 0 Å². The molecule has 0 spiro atoms. The van der Waals surface area contributed by atoms with Gasteiger partial charge in [0.2, 0.25) is 0 Å². The molecule has 0 fully saturated rings. The van der Waals surface area contributed by atoms with E-state index in [2.05, 4.69) is 43.9 Å². The highest BCUT2D eigenvalue weighted by atomic mass is 16.5. The van der Waals surface area contributed by atoms with Crippen LogP contribution in [0, 0.1) is 0 Å². The standard InChI is InChI=1S/C14H21NO/c1-4-15-9-8-13-12(10-15)6-5-7-14(13)16-11(2)3/h5-7,11H,4,8-10H2,1-3H3. The molecule has 0 amide bonds. The molecule has 1 aliphatic heterocycles. The van der Waals surface area contributed by atoms with Gasteiger partial charge in [-0.05, 0) is 44.0 Å². The second-order valence-corrected chi connectivity index (χ2v) is 4.68. The Hall–Kier alpha value is -1.02. The molecule has 0 saturated heterocycles. The van der Waals surface area contributed by atoms with Gasteiger partial charge in [0.05, 0.1) is 6.10 Å². The Kier molecular flexibility index (Phi) is 3.49. The zero-order valence-corrected chi connectivity index (χ0v) is 10.5. The number of nitrogens with zero attached hydrogens (tertiary/aromatic N) is 1. The highest BCUT2D eigenvalue weighted by Crippen LogP contribution is 2.28. The number of ether oxygens (including phenoxy) is 1. The van der Waals surface area contributed by atoms with Crippen molar-refractivity contribution in [1.29, 1.82) is 0 Å². The molecule has 0 aromatic heterocycles. The van der Waals surface area contributed by atoms with Gasteiger partial charge in [-0.2, -0.15) is 0 Å². The largest absolute Gasteiger partial charge is 0.491 e. The van der Waals surface area contributed by atoms with E-state index in [-0.39, 0.29) is 6.10 Å². The van der Waals surface area contributed by atoms with Gasteiger partial charge in [0, 0.05) is 13.1 Å². The van der Waals surface area contributed by atoms with Crippen molar-refractivity contribution in [3.63, 3.8) is 0 Å². The topological polar surface area (TPSA) is 12.5 Å². The maximum Gasteiger partial charge on any atom is 0.123 e. The summed E-state index contributed by atoms with van der Waals surface area (Å²) in [5.74, 6) is 1.09. The van der Waals surface area contributed by atoms with Crippen molar-refractivity contribution in [3.05, 3.63) is 29.3 Å². The summed E-state index contributed by atoms with van der Waals surface area (Å²) in [4.78, 5) is 2.47. The van der Waals surface area contributed by atoms with Gasteiger partial charge < -0.3 is 4.74 Å². The Bertz CT molecular complexity index is 360. The lowest BCUT2D eigenvalue weighted by Crippen LogP contribution is -2.30. The van der Waals surface area contributed by atoms with Crippen molar-refractivity contribution in [3.8, 4) is 5.75 Å². The lowest BCUT2D eigenvalue weighted by atomic mass is 9.99. The van der Waals surface area contributed by atoms with E-state index < -0.39 is 0 Å². The molecule has 88 valence electrons. The summed E-state index contributed by atoms with van der Waals surface area (Å²) in [5, 5.41) is 0. The van der Waals surface area contributed by atoms with Crippen molar-refractivity contribution in [2.24, 2.45) is 0 Å². The monoisotopic (exact) mass is 219 g/mol. The number of fused-ring (bicyclic) bond motifs is 1. The van der Waals surface area contributed by atoms with Crippen LogP contribution in [-0.2, 0) is 13.0 Å². The van der Waals surface area contributed by atoms with Gasteiger partial charge in [-0.3, -0.25) is 4.90 Å². The smallest absolute Gasteiger partial charge is 0.123 e. The first-order valence-electron chi connectivity index (χ1n) is 6.20. The van der Waals surface area contributed by atoms with Gasteiger partial charge >= 0.3 is 0 Å². The van der Waals surface area contributed by atoms with Crippen LogP contribution in [0.3, 0.4) is 0 Å². The predicted octanol–water partition coefficient (Wildman–Crippen LogP) is 2.85. The molecule has 0 atom stereocenters. The molecular formula is C14H21NO. The van der Waals surface area contributed by atoms with Gasteiger partial charge in [0.1, 0.15) is 5.75 Å². The minimum Gasteiger partial charge on any atom is -0.491 e. The van der Waals surface area contributed by atoms with Gasteiger partial charge in [0.15, 0.2) is 0 Å². The highest BCUT2D eigenvalue weighted by Gasteiger charge is 2.18. The van der Waals surface area contributed by atoms with E-state index in [1.54, 1.807) is 0 Å². The maximum atomic E-state index is 5.86. The average molecular weight is 219 g/mol. The molecule has 16 heavy (non-hydrogen) atoms. The second kappa shape index (κ2) is 4.88. The molecular weight excluding hydrogens is 198 g/mol. The van der Waals surface area contributed by atoms with Crippen LogP contribution in [0.25, 0.3) is 0 Å². The lowest BCUT2D eigenvalue weighted by molar-refractivity contribution is 0.229. The van der Waals surface area contributed by atoms with Crippen LogP contribution in [0.1, 0.15) is 31.9 Å². The first kappa shape index (κ1) is 11.5. The first-order valence-corrected chi connectivity index (χ1v) is 6.20. The Morgan fingerprint density at radius 2 is 2.19 bits per heavy atom. The van der Waals surface area contributed by atoms with Crippen LogP contribution in [0.4, 0.5) is 0 Å². The number of likely N-dealkylation sites (N-methyl/N-ethyl adjacent to an activating group) is 1. The van der Waals surface area contributed by atoms with Crippen molar-refractivity contribution < 1.29 is 4.74 Å². The van der Waals surface area contributed by atoms with Crippen molar-refractivity contribution >= 4 is 0 Å². The normalized spacial score (nSPS) is 16.2. The zero-order valence-electron chi connectivity index (χ0n) is 10.5. The van der Waals surface area contributed by atoms with E-state index in [4.69, 9.17) is 4.74 Å². The number of rotatable bonds is 3. The molecule has 2 nitrogen and oxygen atoms in total. The molecule has 0 aliphatic carbocycles. The minimum absolute atomic E-state index is 0.260. The molecule has 1 aliphatic rings. The van der Waals surface area contributed by atoms with Crippen molar-refractivity contribution in [1.82, 2.24) is 4.90 Å². The van der Waals surface area contributed by atoms with E-state index in [9.17, 15) is 0 Å². The van der Waals surface area contributed by atoms with Crippen LogP contribution in [-0.4, -0.2) is 24.1 Å². The van der Waals surface area contributed by atoms with E-state index >= 15 is 0 Å². The highest BCUT2D eigenvalue weighted by molar-refractivity contribution is 5.41. The number of hydrogen-bond acceptors (Lipinski definition) is 2. The summed E-state index contributed by atoms with van der Waals surface area (Å²) in [7, 11) is 0. The molecule has 0 N–H and O–H groups in total. The SMILES string of the molecule is CCN1CCc2c(cccc2OC(C)C)C1. The number of hydrogen-bond donors (Lipinski definition) is 0. The van der Waals surface area contributed by atoms with E-state index in [0.29, 0.717) is 0 Å². The molecule has 2 heteroatoms. The van der Waals surface area contributed by atoms with Gasteiger partial charge in [-0.1, -0.05) is 19.1 Å². The van der Waals surface area contributed by atoms with Crippen molar-refractivity contribution in [2.45, 2.75) is 39.8 Å². The molecule has 1 heterocycles. The molecule has 0 bridgehead atoms. The quantitative estimate of drug-likeness (QED) is 0.775. The summed E-state index contributed by atoms with van der Waals surface area (Å²) < 4.78 is 5.86. The Morgan fingerprint density at radius 1 is 1.38 bits per heavy atom. The average Bonchev–Trinajstić information content (AvgIpc) is 2.28. The Morgan fingerprint density at radius 3 is 2.88 bits per heavy atom. The van der Waals surface area contributed by atoms with Gasteiger partial charge in [0.25, 0.3) is 0 Å². The summed E-state index contributed by atoms with van der Waals surface area (Å²) in [6, 6.07) is 6.43. The molecule has 1 aromatic carbocycles. The van der Waals surface area contributed by atoms with Crippen LogP contribution in [0.15, 0.2) is 18.2 Å². The second-order valence-electron chi connectivity index (χ2n) is 4.68. The fourth-order valence-electron chi connectivity index (χ4n) is 2.27. The van der Waals surface area contributed by atoms with E-state index in [1.807, 2.05) is 0 Å². The minimum atomic E-state index is 0.260.